The lowest BCUT2D eigenvalue weighted by molar-refractivity contribution is 0.254. The van der Waals surface area contributed by atoms with E-state index in [1.165, 1.54) is 22.7 Å². The highest BCUT2D eigenvalue weighted by Crippen LogP contribution is 2.15. The van der Waals surface area contributed by atoms with Crippen LogP contribution in [0.3, 0.4) is 0 Å². The van der Waals surface area contributed by atoms with Crippen molar-refractivity contribution in [3.8, 4) is 5.75 Å². The van der Waals surface area contributed by atoms with E-state index >= 15 is 0 Å². The summed E-state index contributed by atoms with van der Waals surface area (Å²) in [5.74, 6) is 0.889. The zero-order chi connectivity index (χ0) is 24.8. The fourth-order valence-corrected chi connectivity index (χ4v) is 4.48. The van der Waals surface area contributed by atoms with Gasteiger partial charge in [0.25, 0.3) is 5.56 Å². The summed E-state index contributed by atoms with van der Waals surface area (Å²) < 4.78 is 9.78. The number of imidazole rings is 1. The van der Waals surface area contributed by atoms with E-state index in [2.05, 4.69) is 46.3 Å². The summed E-state index contributed by atoms with van der Waals surface area (Å²) in [5, 5.41) is 0. The summed E-state index contributed by atoms with van der Waals surface area (Å²) >= 11 is 0. The van der Waals surface area contributed by atoms with Crippen LogP contribution in [-0.2, 0) is 33.6 Å². The van der Waals surface area contributed by atoms with E-state index in [4.69, 9.17) is 4.74 Å². The lowest BCUT2D eigenvalue weighted by Gasteiger charge is -2.23. The molecular formula is C27H33N5O3. The van der Waals surface area contributed by atoms with Crippen molar-refractivity contribution in [2.75, 3.05) is 20.2 Å². The van der Waals surface area contributed by atoms with Crippen molar-refractivity contribution >= 4 is 11.2 Å². The topological polar surface area (TPSA) is 74.3 Å². The zero-order valence-corrected chi connectivity index (χ0v) is 20.7. The van der Waals surface area contributed by atoms with Crippen LogP contribution < -0.4 is 16.0 Å². The van der Waals surface area contributed by atoms with Crippen molar-refractivity contribution in [1.29, 1.82) is 0 Å². The molecule has 0 aliphatic heterocycles. The van der Waals surface area contributed by atoms with E-state index in [0.29, 0.717) is 17.7 Å². The molecule has 2 aromatic heterocycles. The van der Waals surface area contributed by atoms with E-state index in [0.717, 1.165) is 49.2 Å². The molecule has 0 amide bonds. The molecule has 0 radical (unpaired) electrons. The van der Waals surface area contributed by atoms with Gasteiger partial charge in [-0.25, -0.2) is 9.78 Å². The molecule has 2 aromatic carbocycles. The van der Waals surface area contributed by atoms with Crippen molar-refractivity contribution < 1.29 is 4.74 Å². The second kappa shape index (κ2) is 11.2. The van der Waals surface area contributed by atoms with Crippen LogP contribution >= 0.6 is 0 Å². The molecule has 0 aliphatic rings. The predicted octanol–water partition coefficient (Wildman–Crippen LogP) is 2.97. The Balaban J connectivity index is 1.42. The monoisotopic (exact) mass is 475 g/mol. The molecule has 0 bridgehead atoms. The molecular weight excluding hydrogens is 442 g/mol. The number of methoxy groups -OCH3 is 1. The van der Waals surface area contributed by atoms with E-state index in [1.54, 1.807) is 20.5 Å². The molecule has 0 saturated heterocycles. The van der Waals surface area contributed by atoms with Gasteiger partial charge >= 0.3 is 5.69 Å². The molecule has 35 heavy (non-hydrogen) atoms. The third-order valence-electron chi connectivity index (χ3n) is 6.41. The molecule has 4 aromatic rings. The number of aromatic nitrogens is 4. The van der Waals surface area contributed by atoms with Crippen molar-refractivity contribution in [2.24, 2.45) is 14.1 Å². The van der Waals surface area contributed by atoms with Crippen LogP contribution in [0.4, 0.5) is 0 Å². The van der Waals surface area contributed by atoms with Crippen LogP contribution in [0.25, 0.3) is 11.2 Å². The van der Waals surface area contributed by atoms with E-state index in [-0.39, 0.29) is 11.2 Å². The van der Waals surface area contributed by atoms with E-state index in [1.807, 2.05) is 22.8 Å². The SMILES string of the molecule is COc1cccc(CCCN(CCCn2cnc3c2c(=O)n(C)c(=O)n3C)Cc2ccccc2)c1. The van der Waals surface area contributed by atoms with Crippen LogP contribution in [0.15, 0.2) is 70.5 Å². The van der Waals surface area contributed by atoms with E-state index < -0.39 is 0 Å². The quantitative estimate of drug-likeness (QED) is 0.333. The standard InChI is InChI=1S/C27H33N5O3/c1-29-25-24(26(33)30(2)27(29)34)32(20-28-25)17-9-16-31(19-22-10-5-4-6-11-22)15-8-13-21-12-7-14-23(18-21)35-3/h4-7,10-12,14,18,20H,8-9,13,15-17,19H2,1-3H3. The Morgan fingerprint density at radius 2 is 1.66 bits per heavy atom. The molecule has 0 atom stereocenters. The maximum Gasteiger partial charge on any atom is 0.332 e. The maximum absolute atomic E-state index is 12.7. The van der Waals surface area contributed by atoms with Crippen LogP contribution in [0.1, 0.15) is 24.0 Å². The molecule has 0 fully saturated rings. The van der Waals surface area contributed by atoms with Gasteiger partial charge in [-0.05, 0) is 49.1 Å². The van der Waals surface area contributed by atoms with Crippen molar-refractivity contribution in [3.63, 3.8) is 0 Å². The minimum absolute atomic E-state index is 0.306. The molecule has 0 N–H and O–H groups in total. The van der Waals surface area contributed by atoms with Gasteiger partial charge in [-0.2, -0.15) is 0 Å². The molecule has 8 nitrogen and oxygen atoms in total. The van der Waals surface area contributed by atoms with Crippen molar-refractivity contribution in [3.05, 3.63) is 92.9 Å². The molecule has 184 valence electrons. The maximum atomic E-state index is 12.7. The number of fused-ring (bicyclic) bond motifs is 1. The Morgan fingerprint density at radius 3 is 2.43 bits per heavy atom. The average molecular weight is 476 g/mol. The molecule has 0 aliphatic carbocycles. The normalized spacial score (nSPS) is 11.4. The Hall–Kier alpha value is -3.65. The first-order valence-corrected chi connectivity index (χ1v) is 12.0. The molecule has 4 rings (SSSR count). The number of ether oxygens (including phenoxy) is 1. The van der Waals surface area contributed by atoms with Gasteiger partial charge in [0, 0.05) is 33.7 Å². The average Bonchev–Trinajstić information content (AvgIpc) is 3.31. The zero-order valence-electron chi connectivity index (χ0n) is 20.7. The highest BCUT2D eigenvalue weighted by atomic mass is 16.5. The Kier molecular flexibility index (Phi) is 7.82. The third kappa shape index (κ3) is 5.71. The minimum atomic E-state index is -0.363. The summed E-state index contributed by atoms with van der Waals surface area (Å²) in [6.45, 7) is 3.39. The number of benzene rings is 2. The Labute approximate surface area is 205 Å². The summed E-state index contributed by atoms with van der Waals surface area (Å²) in [6.07, 6.45) is 4.55. The van der Waals surface area contributed by atoms with Crippen LogP contribution in [0.5, 0.6) is 5.75 Å². The second-order valence-electron chi connectivity index (χ2n) is 8.89. The molecule has 2 heterocycles. The van der Waals surface area contributed by atoms with Gasteiger partial charge in [0.2, 0.25) is 0 Å². The lowest BCUT2D eigenvalue weighted by Crippen LogP contribution is -2.37. The summed E-state index contributed by atoms with van der Waals surface area (Å²) in [4.78, 5) is 31.7. The van der Waals surface area contributed by atoms with Gasteiger partial charge in [0.15, 0.2) is 11.2 Å². The minimum Gasteiger partial charge on any atom is -0.497 e. The molecule has 0 spiro atoms. The Morgan fingerprint density at radius 1 is 0.914 bits per heavy atom. The summed E-state index contributed by atoms with van der Waals surface area (Å²) in [6, 6.07) is 18.7. The molecule has 0 unspecified atom stereocenters. The number of rotatable bonds is 11. The fourth-order valence-electron chi connectivity index (χ4n) is 4.48. The van der Waals surface area contributed by atoms with Gasteiger partial charge in [0.1, 0.15) is 5.75 Å². The second-order valence-corrected chi connectivity index (χ2v) is 8.89. The summed E-state index contributed by atoms with van der Waals surface area (Å²) in [5.41, 5.74) is 2.79. The molecule has 0 saturated carbocycles. The van der Waals surface area contributed by atoms with Gasteiger partial charge < -0.3 is 9.30 Å². The van der Waals surface area contributed by atoms with Gasteiger partial charge in [-0.3, -0.25) is 18.8 Å². The summed E-state index contributed by atoms with van der Waals surface area (Å²) in [7, 11) is 4.84. The predicted molar refractivity (Wildman–Crippen MR) is 138 cm³/mol. The molecule has 8 heteroatoms. The van der Waals surface area contributed by atoms with Crippen LogP contribution in [-0.4, -0.2) is 43.8 Å². The van der Waals surface area contributed by atoms with Crippen molar-refractivity contribution in [1.82, 2.24) is 23.6 Å². The first kappa shape index (κ1) is 24.5. The number of hydrogen-bond donors (Lipinski definition) is 0. The highest BCUT2D eigenvalue weighted by Gasteiger charge is 2.14. The van der Waals surface area contributed by atoms with Crippen LogP contribution in [0.2, 0.25) is 0 Å². The third-order valence-corrected chi connectivity index (χ3v) is 6.41. The first-order valence-electron chi connectivity index (χ1n) is 12.0. The van der Waals surface area contributed by atoms with Gasteiger partial charge in [0.05, 0.1) is 13.4 Å². The smallest absolute Gasteiger partial charge is 0.332 e. The first-order chi connectivity index (χ1) is 17.0. The number of hydrogen-bond acceptors (Lipinski definition) is 5. The Bertz CT molecular complexity index is 1390. The largest absolute Gasteiger partial charge is 0.497 e. The van der Waals surface area contributed by atoms with E-state index in [9.17, 15) is 9.59 Å². The van der Waals surface area contributed by atoms with Gasteiger partial charge in [-0.1, -0.05) is 42.5 Å². The fraction of sp³-hybridized carbons (Fsp3) is 0.370. The number of nitrogens with zero attached hydrogens (tertiary/aromatic N) is 5. The lowest BCUT2D eigenvalue weighted by atomic mass is 10.1. The highest BCUT2D eigenvalue weighted by molar-refractivity contribution is 5.69. The van der Waals surface area contributed by atoms with Crippen molar-refractivity contribution in [2.45, 2.75) is 32.4 Å². The van der Waals surface area contributed by atoms with Gasteiger partial charge in [-0.15, -0.1) is 0 Å². The number of aryl methyl sites for hydroxylation is 3. The van der Waals surface area contributed by atoms with Crippen LogP contribution in [0, 0.1) is 0 Å².